The van der Waals surface area contributed by atoms with E-state index in [1.165, 1.54) is 4.57 Å². The maximum atomic E-state index is 12.5. The zero-order chi connectivity index (χ0) is 20.5. The van der Waals surface area contributed by atoms with Crippen LogP contribution in [0.5, 0.6) is 0 Å². The molecule has 1 aromatic rings. The van der Waals surface area contributed by atoms with Gasteiger partial charge in [-0.2, -0.15) is 4.98 Å². The third kappa shape index (κ3) is 4.06. The van der Waals surface area contributed by atoms with E-state index in [2.05, 4.69) is 46.5 Å². The van der Waals surface area contributed by atoms with Gasteiger partial charge in [0.15, 0.2) is 6.23 Å². The van der Waals surface area contributed by atoms with Gasteiger partial charge in [-0.3, -0.25) is 4.57 Å². The summed E-state index contributed by atoms with van der Waals surface area (Å²) < 4.78 is 14.4. The lowest BCUT2D eigenvalue weighted by atomic mass is 10.1. The van der Waals surface area contributed by atoms with E-state index >= 15 is 0 Å². The summed E-state index contributed by atoms with van der Waals surface area (Å²) in [5.41, 5.74) is 1.41. The van der Waals surface area contributed by atoms with Gasteiger partial charge >= 0.3 is 5.69 Å². The minimum absolute atomic E-state index is 0.355. The van der Waals surface area contributed by atoms with Crippen LogP contribution < -0.4 is 5.69 Å². The number of ether oxygens (including phenoxy) is 1. The van der Waals surface area contributed by atoms with Gasteiger partial charge in [-0.25, -0.2) is 4.79 Å². The first-order chi connectivity index (χ1) is 12.6. The van der Waals surface area contributed by atoms with E-state index in [0.717, 1.165) is 0 Å². The summed E-state index contributed by atoms with van der Waals surface area (Å²) in [6, 6.07) is 1.78. The Bertz CT molecular complexity index is 667. The van der Waals surface area contributed by atoms with Gasteiger partial charge < -0.3 is 14.3 Å². The Balaban J connectivity index is 2.50. The van der Waals surface area contributed by atoms with Crippen molar-refractivity contribution < 1.29 is 14.3 Å². The quantitative estimate of drug-likeness (QED) is 0.710. The van der Waals surface area contributed by atoms with Crippen molar-refractivity contribution in [2.45, 2.75) is 103 Å². The van der Waals surface area contributed by atoms with Crippen LogP contribution in [0.15, 0.2) is 17.1 Å². The highest BCUT2D eigenvalue weighted by Crippen LogP contribution is 2.46. The molecule has 0 spiro atoms. The number of aromatic nitrogens is 2. The monoisotopic (exact) mass is 396 g/mol. The Kier molecular flexibility index (Phi) is 7.05. The highest BCUT2D eigenvalue weighted by atomic mass is 28.4. The Hall–Kier alpha value is -1.02. The maximum absolute atomic E-state index is 12.5. The van der Waals surface area contributed by atoms with Crippen LogP contribution in [0.1, 0.15) is 66.8 Å². The molecule has 7 heteroatoms. The molecule has 0 aromatic carbocycles. The third-order valence-corrected chi connectivity index (χ3v) is 12.1. The first-order valence-corrected chi connectivity index (χ1v) is 12.3. The number of hydrogen-bond donors (Lipinski definition) is 1. The highest BCUT2D eigenvalue weighted by Gasteiger charge is 2.53. The maximum Gasteiger partial charge on any atom is 0.349 e. The fourth-order valence-electron chi connectivity index (χ4n) is 4.74. The lowest BCUT2D eigenvalue weighted by molar-refractivity contribution is -0.0380. The molecule has 1 unspecified atom stereocenters. The predicted octanol–water partition coefficient (Wildman–Crippen LogP) is 3.78. The normalized spacial score (nSPS) is 26.5. The lowest BCUT2D eigenvalue weighted by Gasteiger charge is -2.45. The molecule has 1 N–H and O–H groups in total. The molecule has 1 aliphatic rings. The molecule has 4 atom stereocenters. The van der Waals surface area contributed by atoms with Crippen molar-refractivity contribution in [2.75, 3.05) is 0 Å². The summed E-state index contributed by atoms with van der Waals surface area (Å²) in [7, 11) is -2.26. The van der Waals surface area contributed by atoms with Crippen molar-refractivity contribution in [1.82, 2.24) is 9.55 Å². The summed E-state index contributed by atoms with van der Waals surface area (Å²) in [6.45, 7) is 17.0. The summed E-state index contributed by atoms with van der Waals surface area (Å²) in [4.78, 5) is 16.5. The first kappa shape index (κ1) is 22.3. The molecule has 1 aromatic heterocycles. The van der Waals surface area contributed by atoms with Crippen LogP contribution >= 0.6 is 0 Å². The molecule has 1 saturated heterocycles. The largest absolute Gasteiger partial charge is 0.406 e. The topological polar surface area (TPSA) is 73.6 Å². The first-order valence-electron chi connectivity index (χ1n) is 10.1. The van der Waals surface area contributed by atoms with E-state index in [1.807, 2.05) is 6.92 Å². The zero-order valence-corrected chi connectivity index (χ0v) is 19.0. The fraction of sp³-hybridized carbons (Fsp3) is 0.800. The number of aliphatic hydroxyl groups excluding tert-OH is 1. The van der Waals surface area contributed by atoms with Crippen molar-refractivity contribution in [3.63, 3.8) is 0 Å². The van der Waals surface area contributed by atoms with Crippen LogP contribution in [0.4, 0.5) is 0 Å². The highest BCUT2D eigenvalue weighted by molar-refractivity contribution is 6.77. The van der Waals surface area contributed by atoms with Crippen molar-refractivity contribution in [3.8, 4) is 0 Å². The third-order valence-electron chi connectivity index (χ3n) is 6.01. The van der Waals surface area contributed by atoms with Crippen LogP contribution in [0.25, 0.3) is 0 Å². The van der Waals surface area contributed by atoms with Gasteiger partial charge in [-0.1, -0.05) is 48.5 Å². The molecule has 1 fully saturated rings. The second kappa shape index (κ2) is 8.55. The van der Waals surface area contributed by atoms with E-state index in [9.17, 15) is 9.90 Å². The number of aryl methyl sites for hydroxylation is 1. The van der Waals surface area contributed by atoms with Crippen LogP contribution in [0.3, 0.4) is 0 Å². The smallest absolute Gasteiger partial charge is 0.349 e. The molecule has 0 radical (unpaired) electrons. The Morgan fingerprint density at radius 3 is 2.22 bits per heavy atom. The van der Waals surface area contributed by atoms with Crippen LogP contribution in [-0.4, -0.2) is 41.3 Å². The Labute approximate surface area is 164 Å². The van der Waals surface area contributed by atoms with Crippen molar-refractivity contribution in [3.05, 3.63) is 28.4 Å². The van der Waals surface area contributed by atoms with Gasteiger partial charge in [-0.05, 0) is 36.0 Å². The average molecular weight is 397 g/mol. The number of nitrogens with zero attached hydrogens (tertiary/aromatic N) is 2. The molecule has 1 aliphatic heterocycles. The minimum atomic E-state index is -2.26. The van der Waals surface area contributed by atoms with E-state index in [1.54, 1.807) is 19.2 Å². The minimum Gasteiger partial charge on any atom is -0.406 e. The van der Waals surface area contributed by atoms with Crippen LogP contribution in [-0.2, 0) is 9.16 Å². The van der Waals surface area contributed by atoms with Gasteiger partial charge in [-0.15, -0.1) is 0 Å². The summed E-state index contributed by atoms with van der Waals surface area (Å²) >= 11 is 0. The summed E-state index contributed by atoms with van der Waals surface area (Å²) in [5.74, 6) is 0. The molecule has 2 heterocycles. The van der Waals surface area contributed by atoms with E-state index in [0.29, 0.717) is 28.7 Å². The molecule has 154 valence electrons. The SMILES string of the molecule is CC[C@H]1O[C@@H](n2ccc(C)nc2=O)[C@@H](O[Si](C(C)C)(C(C)C)C(C)C)C1O. The standard InChI is InChI=1S/C20H36N2O4Si/c1-9-16-17(23)18(26-27(12(2)3,13(4)5)14(6)7)19(25-16)22-11-10-15(8)21-20(22)24/h10-14,16-19,23H,9H2,1-8H3/t16-,17?,18+,19-/m1/s1. The van der Waals surface area contributed by atoms with Crippen molar-refractivity contribution in [1.29, 1.82) is 0 Å². The van der Waals surface area contributed by atoms with E-state index < -0.39 is 26.8 Å². The predicted molar refractivity (Wildman–Crippen MR) is 109 cm³/mol. The summed E-state index contributed by atoms with van der Waals surface area (Å²) in [6.07, 6.45) is -0.00209. The Morgan fingerprint density at radius 2 is 1.78 bits per heavy atom. The Morgan fingerprint density at radius 1 is 1.22 bits per heavy atom. The van der Waals surface area contributed by atoms with Gasteiger partial charge in [0.1, 0.15) is 12.2 Å². The zero-order valence-electron chi connectivity index (χ0n) is 18.0. The molecule has 0 saturated carbocycles. The molecule has 6 nitrogen and oxygen atoms in total. The molecular weight excluding hydrogens is 360 g/mol. The summed E-state index contributed by atoms with van der Waals surface area (Å²) in [5, 5.41) is 11.0. The second-order valence-corrected chi connectivity index (χ2v) is 14.0. The second-order valence-electron chi connectivity index (χ2n) is 8.62. The molecule has 2 rings (SSSR count). The average Bonchev–Trinajstić information content (AvgIpc) is 2.87. The number of hydrogen-bond acceptors (Lipinski definition) is 5. The van der Waals surface area contributed by atoms with Crippen molar-refractivity contribution in [2.24, 2.45) is 0 Å². The van der Waals surface area contributed by atoms with Crippen molar-refractivity contribution >= 4 is 8.32 Å². The molecule has 0 aliphatic carbocycles. The van der Waals surface area contributed by atoms with Crippen LogP contribution in [0, 0.1) is 6.92 Å². The molecular formula is C20H36N2O4Si. The van der Waals surface area contributed by atoms with Gasteiger partial charge in [0.25, 0.3) is 0 Å². The van der Waals surface area contributed by atoms with Gasteiger partial charge in [0, 0.05) is 11.9 Å². The van der Waals surface area contributed by atoms with Gasteiger partial charge in [0.05, 0.1) is 6.10 Å². The fourth-order valence-corrected chi connectivity index (χ4v) is 10.3. The molecule has 27 heavy (non-hydrogen) atoms. The number of aliphatic hydroxyl groups is 1. The van der Waals surface area contributed by atoms with E-state index in [4.69, 9.17) is 9.16 Å². The number of rotatable bonds is 7. The molecule has 0 bridgehead atoms. The van der Waals surface area contributed by atoms with Crippen LogP contribution in [0.2, 0.25) is 16.6 Å². The van der Waals surface area contributed by atoms with Gasteiger partial charge in [0.2, 0.25) is 8.32 Å². The lowest BCUT2D eigenvalue weighted by Crippen LogP contribution is -2.53. The molecule has 0 amide bonds. The van der Waals surface area contributed by atoms with E-state index in [-0.39, 0.29) is 11.8 Å².